The molecule has 1 N–H and O–H groups in total. The topological polar surface area (TPSA) is 49.8 Å². The summed E-state index contributed by atoms with van der Waals surface area (Å²) in [6.07, 6.45) is 0.809. The molecule has 6 heteroatoms. The number of aromatic hydroxyl groups is 1. The molecule has 0 spiro atoms. The fourth-order valence-electron chi connectivity index (χ4n) is 2.40. The van der Waals surface area contributed by atoms with Crippen LogP contribution in [0.25, 0.3) is 0 Å². The third-order valence-electron chi connectivity index (χ3n) is 3.74. The van der Waals surface area contributed by atoms with Crippen molar-refractivity contribution in [2.24, 2.45) is 5.92 Å². The Hall–Kier alpha value is -1.33. The maximum Gasteiger partial charge on any atom is 0.254 e. The summed E-state index contributed by atoms with van der Waals surface area (Å²) in [7, 11) is 1.62. The molecule has 4 nitrogen and oxygen atoms in total. The number of carbonyl (C=O) groups is 1. The van der Waals surface area contributed by atoms with E-state index in [0.29, 0.717) is 19.0 Å². The fraction of sp³-hybridized carbons (Fsp3) is 0.500. The van der Waals surface area contributed by atoms with E-state index in [9.17, 15) is 14.3 Å². The van der Waals surface area contributed by atoms with Crippen LogP contribution in [0.3, 0.4) is 0 Å². The Labute approximate surface area is 122 Å². The van der Waals surface area contributed by atoms with E-state index in [0.717, 1.165) is 12.5 Å². The van der Waals surface area contributed by atoms with Gasteiger partial charge in [0.15, 0.2) is 11.6 Å². The molecule has 1 aliphatic heterocycles. The Bertz CT molecular complexity index is 500. The standard InChI is InChI=1S/C14H17ClFNO3/c1-8-3-4-17(7-12(8)20-2)14(19)9-5-10(15)13(18)11(16)6-9/h5-6,8,12,18H,3-4,7H2,1-2H3/t8-,12+/m1/s1. The highest BCUT2D eigenvalue weighted by Crippen LogP contribution is 2.29. The zero-order valence-corrected chi connectivity index (χ0v) is 12.2. The first-order valence-electron chi connectivity index (χ1n) is 6.44. The van der Waals surface area contributed by atoms with Crippen LogP contribution in [0.15, 0.2) is 12.1 Å². The first-order chi connectivity index (χ1) is 9.43. The van der Waals surface area contributed by atoms with E-state index >= 15 is 0 Å². The van der Waals surface area contributed by atoms with Gasteiger partial charge in [-0.05, 0) is 24.5 Å². The highest BCUT2D eigenvalue weighted by molar-refractivity contribution is 6.32. The summed E-state index contributed by atoms with van der Waals surface area (Å²) in [4.78, 5) is 14.0. The number of hydrogen-bond acceptors (Lipinski definition) is 3. The van der Waals surface area contributed by atoms with Crippen LogP contribution < -0.4 is 0 Å². The second kappa shape index (κ2) is 5.97. The number of benzene rings is 1. The Morgan fingerprint density at radius 1 is 1.55 bits per heavy atom. The molecule has 0 radical (unpaired) electrons. The molecular weight excluding hydrogens is 285 g/mol. The molecule has 1 aliphatic rings. The van der Waals surface area contributed by atoms with Crippen LogP contribution in [-0.4, -0.2) is 42.2 Å². The lowest BCUT2D eigenvalue weighted by atomic mass is 9.95. The predicted octanol–water partition coefficient (Wildman–Crippen LogP) is 2.68. The van der Waals surface area contributed by atoms with Gasteiger partial charge < -0.3 is 14.7 Å². The van der Waals surface area contributed by atoms with E-state index in [1.54, 1.807) is 12.0 Å². The van der Waals surface area contributed by atoms with Gasteiger partial charge in [0, 0.05) is 25.8 Å². The molecule has 1 heterocycles. The van der Waals surface area contributed by atoms with Crippen molar-refractivity contribution in [1.29, 1.82) is 0 Å². The number of carbonyl (C=O) groups excluding carboxylic acids is 1. The average molecular weight is 302 g/mol. The van der Waals surface area contributed by atoms with Crippen LogP contribution in [-0.2, 0) is 4.74 Å². The van der Waals surface area contributed by atoms with Gasteiger partial charge in [-0.3, -0.25) is 4.79 Å². The first-order valence-corrected chi connectivity index (χ1v) is 6.82. The Balaban J connectivity index is 2.19. The molecule has 1 aromatic carbocycles. The lowest BCUT2D eigenvalue weighted by Gasteiger charge is -2.36. The molecule has 20 heavy (non-hydrogen) atoms. The number of phenolic OH excluding ortho intramolecular Hbond substituents is 1. The quantitative estimate of drug-likeness (QED) is 0.913. The summed E-state index contributed by atoms with van der Waals surface area (Å²) in [6, 6.07) is 2.28. The zero-order valence-electron chi connectivity index (χ0n) is 11.4. The number of likely N-dealkylation sites (tertiary alicyclic amines) is 1. The number of amides is 1. The summed E-state index contributed by atoms with van der Waals surface area (Å²) in [6.45, 7) is 3.14. The number of halogens is 2. The van der Waals surface area contributed by atoms with Crippen molar-refractivity contribution < 1.29 is 19.0 Å². The van der Waals surface area contributed by atoms with E-state index in [1.807, 2.05) is 0 Å². The van der Waals surface area contributed by atoms with Crippen molar-refractivity contribution in [2.45, 2.75) is 19.4 Å². The monoisotopic (exact) mass is 301 g/mol. The second-order valence-electron chi connectivity index (χ2n) is 5.08. The number of nitrogens with zero attached hydrogens (tertiary/aromatic N) is 1. The van der Waals surface area contributed by atoms with E-state index in [4.69, 9.17) is 16.3 Å². The van der Waals surface area contributed by atoms with Crippen LogP contribution in [0, 0.1) is 11.7 Å². The Morgan fingerprint density at radius 2 is 2.25 bits per heavy atom. The minimum atomic E-state index is -0.894. The van der Waals surface area contributed by atoms with Gasteiger partial charge in [0.1, 0.15) is 0 Å². The van der Waals surface area contributed by atoms with Crippen molar-refractivity contribution in [2.75, 3.05) is 20.2 Å². The van der Waals surface area contributed by atoms with E-state index < -0.39 is 11.6 Å². The van der Waals surface area contributed by atoms with Gasteiger partial charge in [0.2, 0.25) is 0 Å². The highest BCUT2D eigenvalue weighted by Gasteiger charge is 2.29. The minimum absolute atomic E-state index is 0.0230. The van der Waals surface area contributed by atoms with E-state index in [-0.39, 0.29) is 22.6 Å². The number of piperidine rings is 1. The minimum Gasteiger partial charge on any atom is -0.504 e. The van der Waals surface area contributed by atoms with Gasteiger partial charge in [0.25, 0.3) is 5.91 Å². The fourth-order valence-corrected chi connectivity index (χ4v) is 2.60. The number of methoxy groups -OCH3 is 1. The smallest absolute Gasteiger partial charge is 0.254 e. The van der Waals surface area contributed by atoms with Crippen LogP contribution in [0.4, 0.5) is 4.39 Å². The number of rotatable bonds is 2. The molecule has 1 aromatic rings. The van der Waals surface area contributed by atoms with Gasteiger partial charge in [-0.25, -0.2) is 4.39 Å². The highest BCUT2D eigenvalue weighted by atomic mass is 35.5. The second-order valence-corrected chi connectivity index (χ2v) is 5.49. The Morgan fingerprint density at radius 3 is 2.85 bits per heavy atom. The lowest BCUT2D eigenvalue weighted by molar-refractivity contribution is -0.00158. The summed E-state index contributed by atoms with van der Waals surface area (Å²) < 4.78 is 18.8. The maximum atomic E-state index is 13.4. The van der Waals surface area contributed by atoms with Crippen LogP contribution in [0.5, 0.6) is 5.75 Å². The normalized spacial score (nSPS) is 22.9. The molecule has 0 bridgehead atoms. The summed E-state index contributed by atoms with van der Waals surface area (Å²) in [5.41, 5.74) is 0.134. The predicted molar refractivity (Wildman–Crippen MR) is 73.6 cm³/mol. The largest absolute Gasteiger partial charge is 0.504 e. The maximum absolute atomic E-state index is 13.4. The Kier molecular flexibility index (Phi) is 4.50. The van der Waals surface area contributed by atoms with Crippen molar-refractivity contribution in [1.82, 2.24) is 4.90 Å². The molecule has 1 fully saturated rings. The summed E-state index contributed by atoms with van der Waals surface area (Å²) in [5.74, 6) is -1.45. The molecule has 0 aliphatic carbocycles. The van der Waals surface area contributed by atoms with Crippen molar-refractivity contribution >= 4 is 17.5 Å². The van der Waals surface area contributed by atoms with Gasteiger partial charge >= 0.3 is 0 Å². The molecular formula is C14H17ClFNO3. The average Bonchev–Trinajstić information content (AvgIpc) is 2.44. The van der Waals surface area contributed by atoms with Gasteiger partial charge in [-0.15, -0.1) is 0 Å². The van der Waals surface area contributed by atoms with Gasteiger partial charge in [0.05, 0.1) is 11.1 Å². The molecule has 0 saturated carbocycles. The first kappa shape index (κ1) is 15.1. The van der Waals surface area contributed by atoms with Crippen molar-refractivity contribution in [3.8, 4) is 5.75 Å². The van der Waals surface area contributed by atoms with Crippen LogP contribution in [0.2, 0.25) is 5.02 Å². The molecule has 0 unspecified atom stereocenters. The molecule has 1 saturated heterocycles. The summed E-state index contributed by atoms with van der Waals surface area (Å²) >= 11 is 5.70. The van der Waals surface area contributed by atoms with Gasteiger partial charge in [-0.1, -0.05) is 18.5 Å². The molecule has 0 aromatic heterocycles. The van der Waals surface area contributed by atoms with E-state index in [1.165, 1.54) is 6.07 Å². The SMILES string of the molecule is CO[C@H]1CN(C(=O)c2cc(F)c(O)c(Cl)c2)CC[C@H]1C. The number of hydrogen-bond donors (Lipinski definition) is 1. The molecule has 2 rings (SSSR count). The number of phenols is 1. The zero-order chi connectivity index (χ0) is 14.9. The van der Waals surface area contributed by atoms with Gasteiger partial charge in [-0.2, -0.15) is 0 Å². The number of ether oxygens (including phenoxy) is 1. The third kappa shape index (κ3) is 2.88. The van der Waals surface area contributed by atoms with Crippen molar-refractivity contribution in [3.05, 3.63) is 28.5 Å². The molecule has 110 valence electrons. The molecule has 1 amide bonds. The van der Waals surface area contributed by atoms with Crippen LogP contribution in [0.1, 0.15) is 23.7 Å². The molecule has 2 atom stereocenters. The van der Waals surface area contributed by atoms with Crippen molar-refractivity contribution in [3.63, 3.8) is 0 Å². The lowest BCUT2D eigenvalue weighted by Crippen LogP contribution is -2.46. The van der Waals surface area contributed by atoms with E-state index in [2.05, 4.69) is 6.92 Å². The summed E-state index contributed by atoms with van der Waals surface area (Å²) in [5, 5.41) is 9.12. The third-order valence-corrected chi connectivity index (χ3v) is 4.03. The van der Waals surface area contributed by atoms with Crippen LogP contribution >= 0.6 is 11.6 Å².